The number of halogens is 1. The van der Waals surface area contributed by atoms with E-state index in [4.69, 9.17) is 16.3 Å². The van der Waals surface area contributed by atoms with Crippen LogP contribution in [0, 0.1) is 13.8 Å². The van der Waals surface area contributed by atoms with E-state index in [0.29, 0.717) is 11.0 Å². The molecule has 16 heavy (non-hydrogen) atoms. The van der Waals surface area contributed by atoms with E-state index in [0.717, 1.165) is 16.9 Å². The van der Waals surface area contributed by atoms with Crippen LogP contribution < -0.4 is 4.74 Å². The van der Waals surface area contributed by atoms with Crippen molar-refractivity contribution in [3.05, 3.63) is 46.9 Å². The van der Waals surface area contributed by atoms with Crippen molar-refractivity contribution in [2.24, 2.45) is 0 Å². The van der Waals surface area contributed by atoms with Crippen LogP contribution in [0.15, 0.2) is 30.6 Å². The zero-order valence-corrected chi connectivity index (χ0v) is 9.82. The molecule has 1 aromatic heterocycles. The van der Waals surface area contributed by atoms with Gasteiger partial charge in [-0.25, -0.2) is 0 Å². The lowest BCUT2D eigenvalue weighted by molar-refractivity contribution is 0.456. The highest BCUT2D eigenvalue weighted by atomic mass is 35.5. The van der Waals surface area contributed by atoms with Gasteiger partial charge in [0, 0.05) is 0 Å². The lowest BCUT2D eigenvalue weighted by Gasteiger charge is -2.08. The highest BCUT2D eigenvalue weighted by Crippen LogP contribution is 2.24. The van der Waals surface area contributed by atoms with Crippen molar-refractivity contribution < 1.29 is 4.74 Å². The van der Waals surface area contributed by atoms with Gasteiger partial charge in [0.15, 0.2) is 5.15 Å². The second-order valence-electron chi connectivity index (χ2n) is 3.55. The number of nitrogens with zero attached hydrogens (tertiary/aromatic N) is 2. The quantitative estimate of drug-likeness (QED) is 0.797. The summed E-state index contributed by atoms with van der Waals surface area (Å²) in [5.41, 5.74) is 2.18. The molecular weight excluding hydrogens is 224 g/mol. The maximum absolute atomic E-state index is 5.73. The molecule has 0 aliphatic heterocycles. The van der Waals surface area contributed by atoms with Crippen molar-refractivity contribution in [2.75, 3.05) is 0 Å². The van der Waals surface area contributed by atoms with Gasteiger partial charge in [0.2, 0.25) is 5.88 Å². The average Bonchev–Trinajstić information content (AvgIpc) is 2.24. The largest absolute Gasteiger partial charge is 0.437 e. The van der Waals surface area contributed by atoms with E-state index in [2.05, 4.69) is 9.97 Å². The minimum absolute atomic E-state index is 0.322. The Morgan fingerprint density at radius 3 is 2.75 bits per heavy atom. The minimum Gasteiger partial charge on any atom is -0.437 e. The summed E-state index contributed by atoms with van der Waals surface area (Å²) in [4.78, 5) is 7.93. The second kappa shape index (κ2) is 4.49. The molecule has 82 valence electrons. The van der Waals surface area contributed by atoms with Crippen LogP contribution in [-0.2, 0) is 0 Å². The molecule has 0 spiro atoms. The van der Waals surface area contributed by atoms with E-state index in [1.165, 1.54) is 12.4 Å². The number of rotatable bonds is 2. The van der Waals surface area contributed by atoms with E-state index in [1.54, 1.807) is 0 Å². The predicted octanol–water partition coefficient (Wildman–Crippen LogP) is 3.54. The molecule has 0 fully saturated rings. The van der Waals surface area contributed by atoms with Gasteiger partial charge >= 0.3 is 0 Å². The number of aryl methyl sites for hydroxylation is 2. The van der Waals surface area contributed by atoms with Gasteiger partial charge in [-0.05, 0) is 31.0 Å². The topological polar surface area (TPSA) is 35.0 Å². The highest BCUT2D eigenvalue weighted by molar-refractivity contribution is 6.29. The molecular formula is C12H11ClN2O. The van der Waals surface area contributed by atoms with Gasteiger partial charge < -0.3 is 4.74 Å². The summed E-state index contributed by atoms with van der Waals surface area (Å²) in [6, 6.07) is 5.99. The first-order chi connectivity index (χ1) is 7.65. The molecule has 2 aromatic rings. The van der Waals surface area contributed by atoms with E-state index in [-0.39, 0.29) is 0 Å². The molecule has 2 rings (SSSR count). The molecule has 0 atom stereocenters. The fourth-order valence-corrected chi connectivity index (χ4v) is 1.44. The van der Waals surface area contributed by atoms with Gasteiger partial charge in [-0.1, -0.05) is 23.7 Å². The summed E-state index contributed by atoms with van der Waals surface area (Å²) in [6.07, 6.45) is 3.01. The SMILES string of the molecule is Cc1ccc(C)c(Oc2cncc(Cl)n2)c1. The lowest BCUT2D eigenvalue weighted by Crippen LogP contribution is -1.92. The van der Waals surface area contributed by atoms with Crippen molar-refractivity contribution in [3.63, 3.8) is 0 Å². The molecule has 0 saturated heterocycles. The number of hydrogen-bond acceptors (Lipinski definition) is 3. The summed E-state index contributed by atoms with van der Waals surface area (Å²) in [7, 11) is 0. The van der Waals surface area contributed by atoms with Crippen LogP contribution >= 0.6 is 11.6 Å². The van der Waals surface area contributed by atoms with Crippen LogP contribution in [0.5, 0.6) is 11.6 Å². The van der Waals surface area contributed by atoms with Crippen LogP contribution in [0.1, 0.15) is 11.1 Å². The standard InChI is InChI=1S/C12H11ClN2O/c1-8-3-4-9(2)10(5-8)16-12-7-14-6-11(13)15-12/h3-7H,1-2H3. The van der Waals surface area contributed by atoms with Crippen molar-refractivity contribution in [1.29, 1.82) is 0 Å². The van der Waals surface area contributed by atoms with Crippen molar-refractivity contribution in [3.8, 4) is 11.6 Å². The molecule has 0 radical (unpaired) electrons. The first kappa shape index (κ1) is 10.9. The zero-order valence-electron chi connectivity index (χ0n) is 9.07. The number of benzene rings is 1. The predicted molar refractivity (Wildman–Crippen MR) is 63.0 cm³/mol. The van der Waals surface area contributed by atoms with E-state index >= 15 is 0 Å². The summed E-state index contributed by atoms with van der Waals surface area (Å²) in [5.74, 6) is 1.18. The maximum Gasteiger partial charge on any atom is 0.239 e. The third-order valence-electron chi connectivity index (χ3n) is 2.14. The van der Waals surface area contributed by atoms with Gasteiger partial charge in [-0.15, -0.1) is 0 Å². The molecule has 4 heteroatoms. The summed E-state index contributed by atoms with van der Waals surface area (Å²) < 4.78 is 5.61. The fraction of sp³-hybridized carbons (Fsp3) is 0.167. The minimum atomic E-state index is 0.322. The molecule has 1 heterocycles. The second-order valence-corrected chi connectivity index (χ2v) is 3.94. The maximum atomic E-state index is 5.73. The molecule has 0 unspecified atom stereocenters. The molecule has 1 aromatic carbocycles. The van der Waals surface area contributed by atoms with E-state index in [9.17, 15) is 0 Å². The monoisotopic (exact) mass is 234 g/mol. The molecule has 0 N–H and O–H groups in total. The van der Waals surface area contributed by atoms with Crippen LogP contribution in [0.2, 0.25) is 5.15 Å². The molecule has 0 bridgehead atoms. The van der Waals surface area contributed by atoms with Crippen LogP contribution in [0.3, 0.4) is 0 Å². The third-order valence-corrected chi connectivity index (χ3v) is 2.32. The number of hydrogen-bond donors (Lipinski definition) is 0. The van der Waals surface area contributed by atoms with Crippen LogP contribution in [-0.4, -0.2) is 9.97 Å². The summed E-state index contributed by atoms with van der Waals surface area (Å²) >= 11 is 5.73. The Hall–Kier alpha value is -1.61. The molecule has 0 aliphatic carbocycles. The molecule has 0 aliphatic rings. The Labute approximate surface area is 99.1 Å². The Bertz CT molecular complexity index is 514. The molecule has 0 saturated carbocycles. The summed E-state index contributed by atoms with van der Waals surface area (Å²) in [5, 5.41) is 0.322. The van der Waals surface area contributed by atoms with Gasteiger partial charge in [0.25, 0.3) is 0 Å². The lowest BCUT2D eigenvalue weighted by atomic mass is 10.1. The first-order valence-corrected chi connectivity index (χ1v) is 5.25. The number of ether oxygens (including phenoxy) is 1. The van der Waals surface area contributed by atoms with E-state index < -0.39 is 0 Å². The van der Waals surface area contributed by atoms with Gasteiger partial charge in [-0.2, -0.15) is 4.98 Å². The van der Waals surface area contributed by atoms with Crippen LogP contribution in [0.4, 0.5) is 0 Å². The third kappa shape index (κ3) is 2.49. The average molecular weight is 235 g/mol. The van der Waals surface area contributed by atoms with Crippen molar-refractivity contribution >= 4 is 11.6 Å². The van der Waals surface area contributed by atoms with Gasteiger partial charge in [0.1, 0.15) is 5.75 Å². The van der Waals surface area contributed by atoms with Gasteiger partial charge in [-0.3, -0.25) is 4.98 Å². The zero-order chi connectivity index (χ0) is 11.5. The smallest absolute Gasteiger partial charge is 0.239 e. The van der Waals surface area contributed by atoms with Crippen LogP contribution in [0.25, 0.3) is 0 Å². The Morgan fingerprint density at radius 2 is 2.00 bits per heavy atom. The fourth-order valence-electron chi connectivity index (χ4n) is 1.30. The van der Waals surface area contributed by atoms with E-state index in [1.807, 2.05) is 32.0 Å². The Balaban J connectivity index is 2.30. The summed E-state index contributed by atoms with van der Waals surface area (Å²) in [6.45, 7) is 3.99. The van der Waals surface area contributed by atoms with Gasteiger partial charge in [0.05, 0.1) is 12.4 Å². The Kier molecular flexibility index (Phi) is 3.06. The Morgan fingerprint density at radius 1 is 1.19 bits per heavy atom. The van der Waals surface area contributed by atoms with Crippen molar-refractivity contribution in [1.82, 2.24) is 9.97 Å². The highest BCUT2D eigenvalue weighted by Gasteiger charge is 2.03. The first-order valence-electron chi connectivity index (χ1n) is 4.88. The molecule has 0 amide bonds. The molecule has 3 nitrogen and oxygen atoms in total. The number of aromatic nitrogens is 2. The van der Waals surface area contributed by atoms with Crippen molar-refractivity contribution in [2.45, 2.75) is 13.8 Å². The normalized spacial score (nSPS) is 10.2.